The topological polar surface area (TPSA) is 84.2 Å². The summed E-state index contributed by atoms with van der Waals surface area (Å²) in [6.45, 7) is 1.87. The van der Waals surface area contributed by atoms with Crippen LogP contribution in [0.1, 0.15) is 26.3 Å². The summed E-state index contributed by atoms with van der Waals surface area (Å²) >= 11 is 0. The van der Waals surface area contributed by atoms with Crippen molar-refractivity contribution in [3.63, 3.8) is 0 Å². The van der Waals surface area contributed by atoms with Crippen molar-refractivity contribution in [1.29, 1.82) is 0 Å². The van der Waals surface area contributed by atoms with Crippen LogP contribution in [0, 0.1) is 6.92 Å². The largest absolute Gasteiger partial charge is 0.398 e. The average molecular weight is 283 g/mol. The van der Waals surface area contributed by atoms with Crippen molar-refractivity contribution < 1.29 is 9.59 Å². The summed E-state index contributed by atoms with van der Waals surface area (Å²) in [5, 5.41) is 5.27. The maximum absolute atomic E-state index is 12.2. The van der Waals surface area contributed by atoms with Crippen molar-refractivity contribution in [3.8, 4) is 0 Å². The van der Waals surface area contributed by atoms with E-state index in [0.717, 1.165) is 5.56 Å². The fourth-order valence-electron chi connectivity index (χ4n) is 1.90. The Morgan fingerprint density at radius 2 is 1.76 bits per heavy atom. The van der Waals surface area contributed by atoms with E-state index in [4.69, 9.17) is 5.73 Å². The van der Waals surface area contributed by atoms with E-state index in [2.05, 4.69) is 10.6 Å². The van der Waals surface area contributed by atoms with Crippen molar-refractivity contribution in [1.82, 2.24) is 5.32 Å². The molecule has 5 nitrogen and oxygen atoms in total. The molecule has 4 N–H and O–H groups in total. The molecular formula is C16H17N3O2. The van der Waals surface area contributed by atoms with E-state index in [-0.39, 0.29) is 11.8 Å². The summed E-state index contributed by atoms with van der Waals surface area (Å²) in [6.07, 6.45) is 0. The van der Waals surface area contributed by atoms with Gasteiger partial charge in [-0.25, -0.2) is 0 Å². The van der Waals surface area contributed by atoms with Gasteiger partial charge in [-0.15, -0.1) is 0 Å². The second kappa shape index (κ2) is 6.09. The molecule has 0 atom stereocenters. The van der Waals surface area contributed by atoms with E-state index in [1.807, 2.05) is 6.92 Å². The molecule has 0 unspecified atom stereocenters. The zero-order valence-corrected chi connectivity index (χ0v) is 11.9. The minimum Gasteiger partial charge on any atom is -0.398 e. The number of para-hydroxylation sites is 1. The van der Waals surface area contributed by atoms with Gasteiger partial charge in [0.05, 0.1) is 11.3 Å². The molecule has 0 bridgehead atoms. The first kappa shape index (κ1) is 14.6. The van der Waals surface area contributed by atoms with Crippen LogP contribution in [0.25, 0.3) is 0 Å². The SMILES string of the molecule is CNC(=O)c1ccccc1NC(=O)c1ccc(C)c(N)c1. The van der Waals surface area contributed by atoms with Crippen LogP contribution >= 0.6 is 0 Å². The third-order valence-corrected chi connectivity index (χ3v) is 3.19. The number of rotatable bonds is 3. The zero-order chi connectivity index (χ0) is 15.4. The fourth-order valence-corrected chi connectivity index (χ4v) is 1.90. The Hall–Kier alpha value is -2.82. The van der Waals surface area contributed by atoms with Crippen LogP contribution in [0.15, 0.2) is 42.5 Å². The highest BCUT2D eigenvalue weighted by Gasteiger charge is 2.13. The smallest absolute Gasteiger partial charge is 0.255 e. The number of nitrogens with two attached hydrogens (primary N) is 1. The lowest BCUT2D eigenvalue weighted by atomic mass is 10.1. The molecule has 0 heterocycles. The lowest BCUT2D eigenvalue weighted by Gasteiger charge is -2.10. The minimum absolute atomic E-state index is 0.255. The Labute approximate surface area is 123 Å². The predicted octanol–water partition coefficient (Wildman–Crippen LogP) is 2.19. The number of hydrogen-bond acceptors (Lipinski definition) is 3. The van der Waals surface area contributed by atoms with Gasteiger partial charge in [-0.1, -0.05) is 18.2 Å². The van der Waals surface area contributed by atoms with Crippen molar-refractivity contribution in [3.05, 3.63) is 59.2 Å². The molecule has 0 saturated carbocycles. The summed E-state index contributed by atoms with van der Waals surface area (Å²) in [6, 6.07) is 11.9. The van der Waals surface area contributed by atoms with Crippen molar-refractivity contribution in [2.75, 3.05) is 18.1 Å². The molecule has 5 heteroatoms. The fraction of sp³-hybridized carbons (Fsp3) is 0.125. The zero-order valence-electron chi connectivity index (χ0n) is 11.9. The molecule has 0 aromatic heterocycles. The maximum atomic E-state index is 12.2. The number of carbonyl (C=O) groups excluding carboxylic acids is 2. The first-order valence-corrected chi connectivity index (χ1v) is 6.51. The monoisotopic (exact) mass is 283 g/mol. The first-order valence-electron chi connectivity index (χ1n) is 6.51. The number of amides is 2. The van der Waals surface area contributed by atoms with E-state index in [9.17, 15) is 9.59 Å². The molecule has 0 aliphatic carbocycles. The van der Waals surface area contributed by atoms with Crippen LogP contribution in [-0.4, -0.2) is 18.9 Å². The molecule has 108 valence electrons. The summed E-state index contributed by atoms with van der Waals surface area (Å²) in [7, 11) is 1.54. The molecule has 0 aliphatic rings. The van der Waals surface area contributed by atoms with Gasteiger partial charge in [0.2, 0.25) is 0 Å². The van der Waals surface area contributed by atoms with Gasteiger partial charge in [0.25, 0.3) is 11.8 Å². The summed E-state index contributed by atoms with van der Waals surface area (Å²) < 4.78 is 0. The molecule has 0 radical (unpaired) electrons. The second-order valence-corrected chi connectivity index (χ2v) is 4.65. The minimum atomic E-state index is -0.307. The van der Waals surface area contributed by atoms with Gasteiger partial charge in [0, 0.05) is 18.3 Å². The van der Waals surface area contributed by atoms with Crippen LogP contribution in [-0.2, 0) is 0 Å². The van der Waals surface area contributed by atoms with Crippen LogP contribution in [0.2, 0.25) is 0 Å². The van der Waals surface area contributed by atoms with E-state index in [1.54, 1.807) is 49.5 Å². The first-order chi connectivity index (χ1) is 10.0. The van der Waals surface area contributed by atoms with Gasteiger partial charge in [-0.3, -0.25) is 9.59 Å². The molecular weight excluding hydrogens is 266 g/mol. The van der Waals surface area contributed by atoms with Crippen molar-refractivity contribution in [2.24, 2.45) is 0 Å². The van der Waals surface area contributed by atoms with Crippen molar-refractivity contribution in [2.45, 2.75) is 6.92 Å². The lowest BCUT2D eigenvalue weighted by Crippen LogP contribution is -2.21. The van der Waals surface area contributed by atoms with Crippen LogP contribution in [0.4, 0.5) is 11.4 Å². The number of carbonyl (C=O) groups is 2. The van der Waals surface area contributed by atoms with Crippen LogP contribution in [0.3, 0.4) is 0 Å². The van der Waals surface area contributed by atoms with Gasteiger partial charge in [0.1, 0.15) is 0 Å². The normalized spacial score (nSPS) is 10.0. The van der Waals surface area contributed by atoms with E-state index in [1.165, 1.54) is 0 Å². The van der Waals surface area contributed by atoms with Crippen LogP contribution in [0.5, 0.6) is 0 Å². The van der Waals surface area contributed by atoms with E-state index >= 15 is 0 Å². The molecule has 0 fully saturated rings. The Balaban J connectivity index is 2.27. The summed E-state index contributed by atoms with van der Waals surface area (Å²) in [4.78, 5) is 24.0. The Bertz CT molecular complexity index is 696. The highest BCUT2D eigenvalue weighted by Crippen LogP contribution is 2.18. The van der Waals surface area contributed by atoms with E-state index < -0.39 is 0 Å². The molecule has 2 aromatic carbocycles. The number of hydrogen-bond donors (Lipinski definition) is 3. The summed E-state index contributed by atoms with van der Waals surface area (Å²) in [5.41, 5.74) is 8.60. The third-order valence-electron chi connectivity index (χ3n) is 3.19. The van der Waals surface area contributed by atoms with Gasteiger partial charge < -0.3 is 16.4 Å². The number of anilines is 2. The number of aryl methyl sites for hydroxylation is 1. The van der Waals surface area contributed by atoms with Gasteiger partial charge in [0.15, 0.2) is 0 Å². The number of nitrogen functional groups attached to an aromatic ring is 1. The van der Waals surface area contributed by atoms with Gasteiger partial charge >= 0.3 is 0 Å². The second-order valence-electron chi connectivity index (χ2n) is 4.65. The van der Waals surface area contributed by atoms with E-state index in [0.29, 0.717) is 22.5 Å². The maximum Gasteiger partial charge on any atom is 0.255 e. The average Bonchev–Trinajstić information content (AvgIpc) is 2.49. The number of benzene rings is 2. The van der Waals surface area contributed by atoms with Crippen LogP contribution < -0.4 is 16.4 Å². The molecule has 2 rings (SSSR count). The molecule has 21 heavy (non-hydrogen) atoms. The standard InChI is InChI=1S/C16H17N3O2/c1-10-7-8-11(9-13(10)17)15(20)19-14-6-4-3-5-12(14)16(21)18-2/h3-9H,17H2,1-2H3,(H,18,21)(H,19,20). The number of nitrogens with one attached hydrogen (secondary N) is 2. The Kier molecular flexibility index (Phi) is 4.23. The summed E-state index contributed by atoms with van der Waals surface area (Å²) in [5.74, 6) is -0.563. The molecule has 0 saturated heterocycles. The molecule has 0 spiro atoms. The third kappa shape index (κ3) is 3.20. The Morgan fingerprint density at radius 1 is 1.05 bits per heavy atom. The Morgan fingerprint density at radius 3 is 2.43 bits per heavy atom. The lowest BCUT2D eigenvalue weighted by molar-refractivity contribution is 0.0964. The van der Waals surface area contributed by atoms with Crippen molar-refractivity contribution >= 4 is 23.2 Å². The molecule has 0 aliphatic heterocycles. The van der Waals surface area contributed by atoms with Gasteiger partial charge in [-0.05, 0) is 36.8 Å². The quantitative estimate of drug-likeness (QED) is 0.755. The molecule has 2 amide bonds. The highest BCUT2D eigenvalue weighted by atomic mass is 16.2. The van der Waals surface area contributed by atoms with Gasteiger partial charge in [-0.2, -0.15) is 0 Å². The molecule has 2 aromatic rings. The highest BCUT2D eigenvalue weighted by molar-refractivity contribution is 6.09. The predicted molar refractivity (Wildman–Crippen MR) is 83.4 cm³/mol.